The zero-order valence-corrected chi connectivity index (χ0v) is 15.9. The second kappa shape index (κ2) is 7.25. The molecule has 1 fully saturated rings. The lowest BCUT2D eigenvalue weighted by atomic mass is 10.1. The van der Waals surface area contributed by atoms with Crippen LogP contribution in [0.5, 0.6) is 5.75 Å². The number of hydrogen-bond donors (Lipinski definition) is 1. The highest BCUT2D eigenvalue weighted by Crippen LogP contribution is 2.28. The number of aryl methyl sites for hydroxylation is 1. The smallest absolute Gasteiger partial charge is 0.270 e. The summed E-state index contributed by atoms with van der Waals surface area (Å²) in [7, 11) is 1.36. The standard InChI is InChI=1S/C20H19FN4O4/c1-11-7-14(25(27)28)8-15-18(11)23-19(12-5-6-22-10-12)24(20(15)26)13-3-4-17(29-2)16(21)9-13/h3-4,7-9,12,22H,5-6,10H2,1-2H3. The number of ether oxygens (including phenoxy) is 1. The fourth-order valence-corrected chi connectivity index (χ4v) is 3.76. The Morgan fingerprint density at radius 1 is 1.34 bits per heavy atom. The zero-order chi connectivity index (χ0) is 20.7. The Kier molecular flexibility index (Phi) is 4.75. The van der Waals surface area contributed by atoms with Crippen molar-refractivity contribution in [3.8, 4) is 11.4 Å². The molecule has 1 aromatic heterocycles. The fourth-order valence-electron chi connectivity index (χ4n) is 3.76. The molecule has 8 nitrogen and oxygen atoms in total. The SMILES string of the molecule is COc1ccc(-n2c(C3CCNC3)nc3c(C)cc([N+](=O)[O-])cc3c2=O)cc1F. The van der Waals surface area contributed by atoms with Crippen molar-refractivity contribution in [1.82, 2.24) is 14.9 Å². The van der Waals surface area contributed by atoms with Gasteiger partial charge in [-0.2, -0.15) is 0 Å². The first kappa shape index (κ1) is 19.0. The van der Waals surface area contributed by atoms with Crippen LogP contribution in [0.1, 0.15) is 23.7 Å². The lowest BCUT2D eigenvalue weighted by Gasteiger charge is -2.18. The summed E-state index contributed by atoms with van der Waals surface area (Å²) < 4.78 is 20.7. The van der Waals surface area contributed by atoms with Gasteiger partial charge in [0.2, 0.25) is 0 Å². The van der Waals surface area contributed by atoms with E-state index in [4.69, 9.17) is 9.72 Å². The maximum absolute atomic E-state index is 14.4. The van der Waals surface area contributed by atoms with Crippen LogP contribution in [0.15, 0.2) is 35.1 Å². The van der Waals surface area contributed by atoms with E-state index in [1.807, 2.05) is 0 Å². The Morgan fingerprint density at radius 3 is 2.76 bits per heavy atom. The van der Waals surface area contributed by atoms with Crippen molar-refractivity contribution in [2.75, 3.05) is 20.2 Å². The van der Waals surface area contributed by atoms with E-state index in [1.54, 1.807) is 13.0 Å². The molecule has 150 valence electrons. The number of benzene rings is 2. The predicted octanol–water partition coefficient (Wildman–Crippen LogP) is 2.83. The fraction of sp³-hybridized carbons (Fsp3) is 0.300. The van der Waals surface area contributed by atoms with Crippen LogP contribution in [-0.4, -0.2) is 34.7 Å². The molecular weight excluding hydrogens is 379 g/mol. The number of nitrogens with one attached hydrogen (secondary N) is 1. The molecule has 0 radical (unpaired) electrons. The van der Waals surface area contributed by atoms with Crippen molar-refractivity contribution in [2.24, 2.45) is 0 Å². The van der Waals surface area contributed by atoms with Crippen molar-refractivity contribution in [2.45, 2.75) is 19.3 Å². The van der Waals surface area contributed by atoms with E-state index in [1.165, 1.54) is 35.9 Å². The van der Waals surface area contributed by atoms with Gasteiger partial charge in [-0.15, -0.1) is 0 Å². The van der Waals surface area contributed by atoms with Gasteiger partial charge < -0.3 is 10.1 Å². The maximum atomic E-state index is 14.4. The number of aromatic nitrogens is 2. The molecular formula is C20H19FN4O4. The van der Waals surface area contributed by atoms with Gasteiger partial charge in [0.1, 0.15) is 5.82 Å². The van der Waals surface area contributed by atoms with Gasteiger partial charge in [-0.05, 0) is 37.6 Å². The minimum atomic E-state index is -0.609. The number of nitro benzene ring substituents is 1. The second-order valence-electron chi connectivity index (χ2n) is 7.04. The number of non-ortho nitro benzene ring substituents is 1. The molecule has 1 saturated heterocycles. The summed E-state index contributed by atoms with van der Waals surface area (Å²) in [5.41, 5.74) is 0.623. The average Bonchev–Trinajstić information content (AvgIpc) is 3.22. The molecule has 9 heteroatoms. The van der Waals surface area contributed by atoms with Crippen LogP contribution in [0, 0.1) is 22.9 Å². The monoisotopic (exact) mass is 398 g/mol. The summed E-state index contributed by atoms with van der Waals surface area (Å²) in [6.07, 6.45) is 0.780. The number of fused-ring (bicyclic) bond motifs is 1. The van der Waals surface area contributed by atoms with Crippen LogP contribution in [0.2, 0.25) is 0 Å². The van der Waals surface area contributed by atoms with Gasteiger partial charge in [0.15, 0.2) is 11.6 Å². The summed E-state index contributed by atoms with van der Waals surface area (Å²) in [6, 6.07) is 6.86. The first-order valence-electron chi connectivity index (χ1n) is 9.17. The minimum Gasteiger partial charge on any atom is -0.494 e. The van der Waals surface area contributed by atoms with E-state index in [0.717, 1.165) is 13.0 Å². The van der Waals surface area contributed by atoms with Gasteiger partial charge in [-0.25, -0.2) is 9.37 Å². The summed E-state index contributed by atoms with van der Waals surface area (Å²) in [4.78, 5) is 28.9. The summed E-state index contributed by atoms with van der Waals surface area (Å²) in [6.45, 7) is 3.12. The van der Waals surface area contributed by atoms with Gasteiger partial charge in [-0.1, -0.05) is 0 Å². The summed E-state index contributed by atoms with van der Waals surface area (Å²) in [5.74, 6) is -0.0743. The number of methoxy groups -OCH3 is 1. The van der Waals surface area contributed by atoms with Crippen molar-refractivity contribution in [3.05, 3.63) is 68.0 Å². The predicted molar refractivity (Wildman–Crippen MR) is 105 cm³/mol. The van der Waals surface area contributed by atoms with Gasteiger partial charge in [0, 0.05) is 30.7 Å². The highest BCUT2D eigenvalue weighted by Gasteiger charge is 2.26. The third kappa shape index (κ3) is 3.23. The van der Waals surface area contributed by atoms with Crippen molar-refractivity contribution < 1.29 is 14.1 Å². The molecule has 1 aliphatic rings. The zero-order valence-electron chi connectivity index (χ0n) is 15.9. The number of hydrogen-bond acceptors (Lipinski definition) is 6. The third-order valence-corrected chi connectivity index (χ3v) is 5.20. The molecule has 1 atom stereocenters. The average molecular weight is 398 g/mol. The quantitative estimate of drug-likeness (QED) is 0.536. The highest BCUT2D eigenvalue weighted by atomic mass is 19.1. The lowest BCUT2D eigenvalue weighted by Crippen LogP contribution is -2.27. The van der Waals surface area contributed by atoms with Crippen molar-refractivity contribution >= 4 is 16.6 Å². The Morgan fingerprint density at radius 2 is 2.14 bits per heavy atom. The molecule has 1 aliphatic heterocycles. The largest absolute Gasteiger partial charge is 0.494 e. The second-order valence-corrected chi connectivity index (χ2v) is 7.04. The van der Waals surface area contributed by atoms with E-state index in [2.05, 4.69) is 5.32 Å². The Bertz CT molecular complexity index is 1190. The van der Waals surface area contributed by atoms with Gasteiger partial charge in [-0.3, -0.25) is 19.5 Å². The van der Waals surface area contributed by atoms with E-state index in [-0.39, 0.29) is 22.7 Å². The van der Waals surface area contributed by atoms with Crippen LogP contribution in [0.3, 0.4) is 0 Å². The summed E-state index contributed by atoms with van der Waals surface area (Å²) >= 11 is 0. The van der Waals surface area contributed by atoms with E-state index in [0.29, 0.717) is 29.1 Å². The number of rotatable bonds is 4. The lowest BCUT2D eigenvalue weighted by molar-refractivity contribution is -0.384. The summed E-state index contributed by atoms with van der Waals surface area (Å²) in [5, 5.41) is 14.6. The van der Waals surface area contributed by atoms with Gasteiger partial charge >= 0.3 is 0 Å². The number of nitro groups is 1. The Labute approximate surface area is 165 Å². The molecule has 29 heavy (non-hydrogen) atoms. The van der Waals surface area contributed by atoms with Crippen LogP contribution in [-0.2, 0) is 0 Å². The molecule has 2 aromatic carbocycles. The molecule has 1 N–H and O–H groups in total. The van der Waals surface area contributed by atoms with Crippen LogP contribution < -0.4 is 15.6 Å². The van der Waals surface area contributed by atoms with E-state index < -0.39 is 16.3 Å². The topological polar surface area (TPSA) is 99.3 Å². The molecule has 0 bridgehead atoms. The molecule has 1 unspecified atom stereocenters. The van der Waals surface area contributed by atoms with Crippen LogP contribution in [0.4, 0.5) is 10.1 Å². The molecule has 0 saturated carbocycles. The van der Waals surface area contributed by atoms with E-state index >= 15 is 0 Å². The molecule has 3 aromatic rings. The number of nitrogens with zero attached hydrogens (tertiary/aromatic N) is 3. The van der Waals surface area contributed by atoms with Crippen molar-refractivity contribution in [1.29, 1.82) is 0 Å². The minimum absolute atomic E-state index is 0.0353. The van der Waals surface area contributed by atoms with Gasteiger partial charge in [0.05, 0.1) is 28.6 Å². The van der Waals surface area contributed by atoms with Gasteiger partial charge in [0.25, 0.3) is 11.2 Å². The van der Waals surface area contributed by atoms with Crippen LogP contribution in [0.25, 0.3) is 16.6 Å². The normalized spacial score (nSPS) is 16.3. The third-order valence-electron chi connectivity index (χ3n) is 5.20. The Hall–Kier alpha value is -3.33. The molecule has 2 heterocycles. The van der Waals surface area contributed by atoms with E-state index in [9.17, 15) is 19.3 Å². The van der Waals surface area contributed by atoms with Crippen LogP contribution >= 0.6 is 0 Å². The maximum Gasteiger partial charge on any atom is 0.270 e. The van der Waals surface area contributed by atoms with Crippen molar-refractivity contribution in [3.63, 3.8) is 0 Å². The first-order chi connectivity index (χ1) is 13.9. The Balaban J connectivity index is 2.06. The first-order valence-corrected chi connectivity index (χ1v) is 9.17. The highest BCUT2D eigenvalue weighted by molar-refractivity contribution is 5.84. The molecule has 4 rings (SSSR count). The molecule has 0 amide bonds. The molecule has 0 spiro atoms. The molecule has 0 aliphatic carbocycles. The number of halogens is 1.